The summed E-state index contributed by atoms with van der Waals surface area (Å²) < 4.78 is 5.56. The van der Waals surface area contributed by atoms with E-state index in [1.807, 2.05) is 0 Å². The topological polar surface area (TPSA) is 107 Å². The van der Waals surface area contributed by atoms with Gasteiger partial charge < -0.3 is 10.2 Å². The molecule has 0 fully saturated rings. The van der Waals surface area contributed by atoms with Crippen LogP contribution in [0.25, 0.3) is 11.3 Å². The molecule has 1 aromatic heterocycles. The number of hydrazone groups is 1. The highest BCUT2D eigenvalue weighted by Crippen LogP contribution is 2.27. The van der Waals surface area contributed by atoms with Crippen molar-refractivity contribution in [2.75, 3.05) is 0 Å². The molecule has 0 saturated heterocycles. The van der Waals surface area contributed by atoms with E-state index in [0.29, 0.717) is 17.1 Å². The van der Waals surface area contributed by atoms with E-state index >= 15 is 0 Å². The van der Waals surface area contributed by atoms with E-state index in [1.165, 1.54) is 12.3 Å². The molecule has 0 radical (unpaired) electrons. The van der Waals surface area contributed by atoms with E-state index in [1.54, 1.807) is 31.2 Å². The third-order valence-electron chi connectivity index (χ3n) is 2.67. The zero-order valence-corrected chi connectivity index (χ0v) is 11.9. The number of benzene rings is 1. The first-order valence-electron chi connectivity index (χ1n) is 5.91. The Morgan fingerprint density at radius 3 is 2.86 bits per heavy atom. The summed E-state index contributed by atoms with van der Waals surface area (Å²) in [6.07, 6.45) is 1.43. The molecule has 21 heavy (non-hydrogen) atoms. The second-order valence-corrected chi connectivity index (χ2v) is 4.63. The quantitative estimate of drug-likeness (QED) is 0.388. The van der Waals surface area contributed by atoms with Crippen molar-refractivity contribution in [2.24, 2.45) is 10.8 Å². The van der Waals surface area contributed by atoms with E-state index in [-0.39, 0.29) is 10.8 Å². The van der Waals surface area contributed by atoms with E-state index in [9.17, 15) is 10.1 Å². The maximum atomic E-state index is 10.8. The van der Waals surface area contributed by atoms with Crippen molar-refractivity contribution in [3.05, 3.63) is 51.8 Å². The Balaban J connectivity index is 2.21. The molecule has 8 heteroatoms. The molecule has 1 aromatic carbocycles. The number of nitrogens with one attached hydrogen (secondary N) is 1. The molecular weight excluding hydrogens is 292 g/mol. The van der Waals surface area contributed by atoms with Crippen molar-refractivity contribution in [3.8, 4) is 11.3 Å². The van der Waals surface area contributed by atoms with Crippen LogP contribution in [0, 0.1) is 17.0 Å². The van der Waals surface area contributed by atoms with Gasteiger partial charge in [0, 0.05) is 17.2 Å². The highest BCUT2D eigenvalue weighted by molar-refractivity contribution is 7.80. The first-order chi connectivity index (χ1) is 9.97. The summed E-state index contributed by atoms with van der Waals surface area (Å²) in [4.78, 5) is 10.4. The number of furan rings is 1. The predicted octanol–water partition coefficient (Wildman–Crippen LogP) is 2.33. The summed E-state index contributed by atoms with van der Waals surface area (Å²) in [5.74, 6) is 1.09. The van der Waals surface area contributed by atoms with Gasteiger partial charge in [-0.2, -0.15) is 5.10 Å². The van der Waals surface area contributed by atoms with Gasteiger partial charge in [-0.1, -0.05) is 0 Å². The molecule has 0 unspecified atom stereocenters. The van der Waals surface area contributed by atoms with Crippen LogP contribution in [0.15, 0.2) is 39.9 Å². The lowest BCUT2D eigenvalue weighted by molar-refractivity contribution is -0.385. The smallest absolute Gasteiger partial charge is 0.272 e. The number of nitrogens with zero attached hydrogens (tertiary/aromatic N) is 2. The van der Waals surface area contributed by atoms with Gasteiger partial charge in [0.25, 0.3) is 5.69 Å². The molecule has 0 aliphatic heterocycles. The van der Waals surface area contributed by atoms with Crippen LogP contribution in [0.3, 0.4) is 0 Å². The molecule has 0 amide bonds. The van der Waals surface area contributed by atoms with Crippen LogP contribution in [-0.2, 0) is 0 Å². The summed E-state index contributed by atoms with van der Waals surface area (Å²) in [7, 11) is 0. The standard InChI is InChI=1S/C13H12N4O3S/c1-8-6-9(2-4-11(8)17(18)19)12-5-3-10(20-12)7-15-16-13(14)21/h2-7H,1H3,(H3,14,16,21)/b15-7-. The fourth-order valence-corrected chi connectivity index (χ4v) is 1.80. The van der Waals surface area contributed by atoms with Gasteiger partial charge in [-0.05, 0) is 43.4 Å². The zero-order chi connectivity index (χ0) is 15.4. The Kier molecular flexibility index (Phi) is 4.29. The minimum Gasteiger partial charge on any atom is -0.455 e. The molecular formula is C13H12N4O3S. The predicted molar refractivity (Wildman–Crippen MR) is 83.1 cm³/mol. The van der Waals surface area contributed by atoms with Gasteiger partial charge in [0.05, 0.1) is 11.1 Å². The molecule has 3 N–H and O–H groups in total. The van der Waals surface area contributed by atoms with Gasteiger partial charge in [0.15, 0.2) is 5.11 Å². The van der Waals surface area contributed by atoms with Gasteiger partial charge in [0.2, 0.25) is 0 Å². The van der Waals surface area contributed by atoms with Crippen molar-refractivity contribution in [2.45, 2.75) is 6.92 Å². The van der Waals surface area contributed by atoms with Crippen molar-refractivity contribution in [1.29, 1.82) is 0 Å². The van der Waals surface area contributed by atoms with Crippen LogP contribution in [0.1, 0.15) is 11.3 Å². The van der Waals surface area contributed by atoms with Crippen molar-refractivity contribution >= 4 is 29.2 Å². The fraction of sp³-hybridized carbons (Fsp3) is 0.0769. The van der Waals surface area contributed by atoms with Crippen molar-refractivity contribution < 1.29 is 9.34 Å². The highest BCUT2D eigenvalue weighted by Gasteiger charge is 2.12. The monoisotopic (exact) mass is 304 g/mol. The number of thiocarbonyl (C=S) groups is 1. The van der Waals surface area contributed by atoms with Gasteiger partial charge in [-0.25, -0.2) is 0 Å². The number of hydrogen-bond donors (Lipinski definition) is 2. The molecule has 1 heterocycles. The van der Waals surface area contributed by atoms with Crippen LogP contribution in [0.5, 0.6) is 0 Å². The largest absolute Gasteiger partial charge is 0.455 e. The SMILES string of the molecule is Cc1cc(-c2ccc(/C=N\NC(N)=S)o2)ccc1[N+](=O)[O-]. The Morgan fingerprint density at radius 2 is 2.24 bits per heavy atom. The summed E-state index contributed by atoms with van der Waals surface area (Å²) >= 11 is 4.61. The van der Waals surface area contributed by atoms with Crippen LogP contribution in [0.4, 0.5) is 5.69 Å². The fourth-order valence-electron chi connectivity index (χ4n) is 1.75. The van der Waals surface area contributed by atoms with Crippen LogP contribution in [0.2, 0.25) is 0 Å². The van der Waals surface area contributed by atoms with E-state index < -0.39 is 4.92 Å². The van der Waals surface area contributed by atoms with Gasteiger partial charge in [0.1, 0.15) is 11.5 Å². The molecule has 0 aliphatic rings. The first-order valence-corrected chi connectivity index (χ1v) is 6.32. The number of aryl methyl sites for hydroxylation is 1. The Hall–Kier alpha value is -2.74. The minimum atomic E-state index is -0.416. The number of nitro benzene ring substituents is 1. The molecule has 2 rings (SSSR count). The van der Waals surface area contributed by atoms with Gasteiger partial charge >= 0.3 is 0 Å². The molecule has 2 aromatic rings. The minimum absolute atomic E-state index is 0.0593. The van der Waals surface area contributed by atoms with Gasteiger partial charge in [-0.15, -0.1) is 0 Å². The third-order valence-corrected chi connectivity index (χ3v) is 2.76. The molecule has 0 bridgehead atoms. The number of hydrogen-bond acceptors (Lipinski definition) is 5. The molecule has 0 atom stereocenters. The number of nitrogens with two attached hydrogens (primary N) is 1. The molecule has 0 aliphatic carbocycles. The molecule has 0 spiro atoms. The Bertz CT molecular complexity index is 724. The summed E-state index contributed by atoms with van der Waals surface area (Å²) in [5.41, 5.74) is 9.04. The normalized spacial score (nSPS) is 10.7. The maximum Gasteiger partial charge on any atom is 0.272 e. The van der Waals surface area contributed by atoms with Crippen LogP contribution >= 0.6 is 12.2 Å². The summed E-state index contributed by atoms with van der Waals surface area (Å²) in [6.45, 7) is 1.68. The third kappa shape index (κ3) is 3.63. The summed E-state index contributed by atoms with van der Waals surface area (Å²) in [6, 6.07) is 8.26. The van der Waals surface area contributed by atoms with Gasteiger partial charge in [-0.3, -0.25) is 15.5 Å². The average molecular weight is 304 g/mol. The maximum absolute atomic E-state index is 10.8. The van der Waals surface area contributed by atoms with E-state index in [4.69, 9.17) is 10.2 Å². The van der Waals surface area contributed by atoms with Crippen LogP contribution < -0.4 is 11.2 Å². The number of rotatable bonds is 4. The molecule has 7 nitrogen and oxygen atoms in total. The highest BCUT2D eigenvalue weighted by atomic mass is 32.1. The first kappa shape index (κ1) is 14.7. The van der Waals surface area contributed by atoms with E-state index in [2.05, 4.69) is 22.7 Å². The second kappa shape index (κ2) is 6.14. The molecule has 108 valence electrons. The lowest BCUT2D eigenvalue weighted by Crippen LogP contribution is -2.23. The van der Waals surface area contributed by atoms with Crippen LogP contribution in [-0.4, -0.2) is 16.3 Å². The Labute approximate surface area is 125 Å². The summed E-state index contributed by atoms with van der Waals surface area (Å²) in [5, 5.41) is 14.6. The Morgan fingerprint density at radius 1 is 1.48 bits per heavy atom. The molecule has 0 saturated carbocycles. The lowest BCUT2D eigenvalue weighted by atomic mass is 10.1. The second-order valence-electron chi connectivity index (χ2n) is 4.19. The lowest BCUT2D eigenvalue weighted by Gasteiger charge is -2.00. The zero-order valence-electron chi connectivity index (χ0n) is 11.1. The average Bonchev–Trinajstić information content (AvgIpc) is 2.86. The van der Waals surface area contributed by atoms with Crippen molar-refractivity contribution in [3.63, 3.8) is 0 Å². The number of nitro groups is 1. The van der Waals surface area contributed by atoms with E-state index in [0.717, 1.165) is 5.56 Å². The van der Waals surface area contributed by atoms with Crippen molar-refractivity contribution in [1.82, 2.24) is 5.43 Å².